The van der Waals surface area contributed by atoms with Gasteiger partial charge in [-0.1, -0.05) is 13.0 Å². The Morgan fingerprint density at radius 2 is 1.86 bits per heavy atom. The molecule has 2 heterocycles. The molecule has 2 aromatic heterocycles. The molecule has 1 N–H and O–H groups in total. The number of imidazole rings is 1. The second-order valence-electron chi connectivity index (χ2n) is 6.11. The van der Waals surface area contributed by atoms with Gasteiger partial charge in [-0.2, -0.15) is 0 Å². The van der Waals surface area contributed by atoms with E-state index in [2.05, 4.69) is 26.1 Å². The molecule has 1 aromatic carbocycles. The molecule has 0 atom stereocenters. The van der Waals surface area contributed by atoms with Crippen molar-refractivity contribution < 1.29 is 4.39 Å². The molecule has 4 heteroatoms. The van der Waals surface area contributed by atoms with Crippen LogP contribution in [-0.2, 0) is 0 Å². The molecule has 0 aliphatic carbocycles. The second kappa shape index (κ2) is 5.44. The zero-order valence-electron chi connectivity index (χ0n) is 13.1. The number of hydrogen-bond donors (Lipinski definition) is 1. The highest BCUT2D eigenvalue weighted by Crippen LogP contribution is 2.31. The van der Waals surface area contributed by atoms with E-state index >= 15 is 0 Å². The molecule has 3 aromatic rings. The maximum absolute atomic E-state index is 13.2. The Morgan fingerprint density at radius 3 is 2.55 bits per heavy atom. The van der Waals surface area contributed by atoms with Crippen LogP contribution < -0.4 is 5.32 Å². The molecule has 0 saturated carbocycles. The Balaban J connectivity index is 2.18. The van der Waals surface area contributed by atoms with Gasteiger partial charge in [0.2, 0.25) is 0 Å². The second-order valence-corrected chi connectivity index (χ2v) is 6.11. The normalized spacial score (nSPS) is 11.8. The molecular weight excluding hydrogens is 277 g/mol. The first kappa shape index (κ1) is 14.6. The average molecular weight is 297 g/mol. The van der Waals surface area contributed by atoms with Gasteiger partial charge in [-0.15, -0.1) is 0 Å². The quantitative estimate of drug-likeness (QED) is 0.753. The fraction of sp³-hybridized carbons (Fsp3) is 0.278. The number of aromatic nitrogens is 2. The number of hydrogen-bond acceptors (Lipinski definition) is 2. The van der Waals surface area contributed by atoms with Crippen molar-refractivity contribution in [1.29, 1.82) is 0 Å². The molecule has 22 heavy (non-hydrogen) atoms. The third-order valence-corrected chi connectivity index (χ3v) is 3.99. The number of fused-ring (bicyclic) bond motifs is 1. The van der Waals surface area contributed by atoms with Crippen LogP contribution in [0.1, 0.15) is 27.2 Å². The van der Waals surface area contributed by atoms with Gasteiger partial charge in [-0.3, -0.25) is 4.40 Å². The maximum atomic E-state index is 13.2. The number of pyridine rings is 1. The largest absolute Gasteiger partial charge is 0.364 e. The van der Waals surface area contributed by atoms with Crippen molar-refractivity contribution in [1.82, 2.24) is 9.38 Å². The Hall–Kier alpha value is -2.36. The summed E-state index contributed by atoms with van der Waals surface area (Å²) >= 11 is 0. The zero-order valence-corrected chi connectivity index (χ0v) is 13.1. The number of anilines is 1. The van der Waals surface area contributed by atoms with Gasteiger partial charge in [0.25, 0.3) is 0 Å². The summed E-state index contributed by atoms with van der Waals surface area (Å²) in [4.78, 5) is 4.71. The van der Waals surface area contributed by atoms with E-state index in [1.54, 1.807) is 12.1 Å². The van der Waals surface area contributed by atoms with Crippen molar-refractivity contribution in [2.75, 3.05) is 5.32 Å². The highest BCUT2D eigenvalue weighted by molar-refractivity contribution is 5.76. The van der Waals surface area contributed by atoms with E-state index in [0.29, 0.717) is 0 Å². The predicted octanol–water partition coefficient (Wildman–Crippen LogP) is 4.74. The summed E-state index contributed by atoms with van der Waals surface area (Å²) in [5, 5.41) is 3.58. The number of nitrogens with zero attached hydrogens (tertiary/aromatic N) is 2. The van der Waals surface area contributed by atoms with Crippen LogP contribution in [-0.4, -0.2) is 14.9 Å². The lowest BCUT2D eigenvalue weighted by Crippen LogP contribution is -2.30. The molecule has 0 amide bonds. The van der Waals surface area contributed by atoms with Crippen LogP contribution in [0, 0.1) is 5.82 Å². The van der Waals surface area contributed by atoms with Crippen LogP contribution in [0.25, 0.3) is 16.9 Å². The van der Waals surface area contributed by atoms with Gasteiger partial charge >= 0.3 is 0 Å². The molecule has 114 valence electrons. The molecule has 0 bridgehead atoms. The zero-order chi connectivity index (χ0) is 15.7. The van der Waals surface area contributed by atoms with E-state index in [-0.39, 0.29) is 11.4 Å². The fourth-order valence-corrected chi connectivity index (χ4v) is 2.33. The van der Waals surface area contributed by atoms with E-state index in [9.17, 15) is 4.39 Å². The highest BCUT2D eigenvalue weighted by atomic mass is 19.1. The third kappa shape index (κ3) is 2.69. The van der Waals surface area contributed by atoms with Crippen LogP contribution in [0.2, 0.25) is 0 Å². The minimum absolute atomic E-state index is 0.0550. The number of rotatable bonds is 4. The summed E-state index contributed by atoms with van der Waals surface area (Å²) in [7, 11) is 0. The summed E-state index contributed by atoms with van der Waals surface area (Å²) < 4.78 is 15.2. The van der Waals surface area contributed by atoms with E-state index in [1.165, 1.54) is 12.1 Å². The number of nitrogens with one attached hydrogen (secondary N) is 1. The minimum Gasteiger partial charge on any atom is -0.364 e. The molecule has 0 unspecified atom stereocenters. The summed E-state index contributed by atoms with van der Waals surface area (Å²) in [6.07, 6.45) is 2.97. The lowest BCUT2D eigenvalue weighted by molar-refractivity contribution is 0.544. The predicted molar refractivity (Wildman–Crippen MR) is 88.6 cm³/mol. The lowest BCUT2D eigenvalue weighted by atomic mass is 10.0. The van der Waals surface area contributed by atoms with Crippen molar-refractivity contribution in [3.8, 4) is 11.3 Å². The first-order valence-corrected chi connectivity index (χ1v) is 7.51. The maximum Gasteiger partial charge on any atom is 0.139 e. The molecule has 3 nitrogen and oxygen atoms in total. The molecule has 0 aliphatic heterocycles. The van der Waals surface area contributed by atoms with Crippen LogP contribution in [0.3, 0.4) is 0 Å². The molecular formula is C18H20FN3. The third-order valence-electron chi connectivity index (χ3n) is 3.99. The first-order valence-electron chi connectivity index (χ1n) is 7.51. The standard InChI is InChI=1S/C18H20FN3/c1-4-18(2,3)21-17-16(13-8-10-14(19)11-9-13)20-15-7-5-6-12-22(15)17/h5-12,21H,4H2,1-3H3. The van der Waals surface area contributed by atoms with Crippen LogP contribution in [0.5, 0.6) is 0 Å². The number of halogens is 1. The van der Waals surface area contributed by atoms with Crippen molar-refractivity contribution in [3.05, 3.63) is 54.5 Å². The van der Waals surface area contributed by atoms with E-state index in [0.717, 1.165) is 29.1 Å². The summed E-state index contributed by atoms with van der Waals surface area (Å²) in [6, 6.07) is 12.4. The minimum atomic E-state index is -0.240. The molecule has 0 radical (unpaired) electrons. The first-order chi connectivity index (χ1) is 10.5. The summed E-state index contributed by atoms with van der Waals surface area (Å²) in [6.45, 7) is 6.46. The molecule has 3 rings (SSSR count). The summed E-state index contributed by atoms with van der Waals surface area (Å²) in [5.41, 5.74) is 2.56. The van der Waals surface area contributed by atoms with Gasteiger partial charge in [0.05, 0.1) is 0 Å². The van der Waals surface area contributed by atoms with Crippen molar-refractivity contribution in [3.63, 3.8) is 0 Å². The molecule has 0 fully saturated rings. The molecule has 0 spiro atoms. The lowest BCUT2D eigenvalue weighted by Gasteiger charge is -2.26. The van der Waals surface area contributed by atoms with Crippen molar-refractivity contribution in [2.24, 2.45) is 0 Å². The van der Waals surface area contributed by atoms with Gasteiger partial charge in [-0.05, 0) is 56.7 Å². The monoisotopic (exact) mass is 297 g/mol. The number of benzene rings is 1. The van der Waals surface area contributed by atoms with Crippen molar-refractivity contribution in [2.45, 2.75) is 32.7 Å². The van der Waals surface area contributed by atoms with Crippen LogP contribution in [0.15, 0.2) is 48.7 Å². The van der Waals surface area contributed by atoms with Gasteiger partial charge in [0.1, 0.15) is 23.0 Å². The topological polar surface area (TPSA) is 29.3 Å². The fourth-order valence-electron chi connectivity index (χ4n) is 2.33. The van der Waals surface area contributed by atoms with Gasteiger partial charge in [-0.25, -0.2) is 9.37 Å². The Bertz CT molecular complexity index is 788. The smallest absolute Gasteiger partial charge is 0.139 e. The molecule has 0 saturated heterocycles. The van der Waals surface area contributed by atoms with Gasteiger partial charge in [0, 0.05) is 17.3 Å². The van der Waals surface area contributed by atoms with Crippen LogP contribution in [0.4, 0.5) is 10.2 Å². The Morgan fingerprint density at radius 1 is 1.14 bits per heavy atom. The van der Waals surface area contributed by atoms with Crippen LogP contribution >= 0.6 is 0 Å². The SMILES string of the molecule is CCC(C)(C)Nc1c(-c2ccc(F)cc2)nc2ccccn12. The molecule has 0 aliphatic rings. The summed E-state index contributed by atoms with van der Waals surface area (Å²) in [5.74, 6) is 0.699. The van der Waals surface area contributed by atoms with E-state index in [4.69, 9.17) is 4.98 Å². The van der Waals surface area contributed by atoms with Gasteiger partial charge < -0.3 is 5.32 Å². The Labute approximate surface area is 129 Å². The Kier molecular flexibility index (Phi) is 3.61. The van der Waals surface area contributed by atoms with E-state index < -0.39 is 0 Å². The van der Waals surface area contributed by atoms with Gasteiger partial charge in [0.15, 0.2) is 0 Å². The van der Waals surface area contributed by atoms with Crippen molar-refractivity contribution >= 4 is 11.5 Å². The highest BCUT2D eigenvalue weighted by Gasteiger charge is 2.21. The average Bonchev–Trinajstić information content (AvgIpc) is 2.86. The van der Waals surface area contributed by atoms with E-state index in [1.807, 2.05) is 28.8 Å².